The van der Waals surface area contributed by atoms with E-state index in [1.807, 2.05) is 4.98 Å². The number of phenolic OH excluding ortho intramolecular Hbond substituents is 1. The number of nitrogens with one attached hydrogen (secondary N) is 1. The van der Waals surface area contributed by atoms with E-state index >= 15 is 0 Å². The molecular formula is C12H7NO4. The van der Waals surface area contributed by atoms with Gasteiger partial charge in [-0.3, -0.25) is 9.78 Å². The van der Waals surface area contributed by atoms with Gasteiger partial charge < -0.3 is 9.52 Å². The molecule has 0 saturated carbocycles. The molecule has 0 unspecified atom stereocenters. The number of aromatic hydroxyl groups is 1. The molecule has 2 aromatic carbocycles. The number of phenols is 1. The maximum Gasteiger partial charge on any atom is 0.419 e. The standard InChI is InChI=1S/C12H7NO4/c14-9-5-8-10(17-12(16)13-11(8)15)7-4-2-1-3-6(7)9/h1-5,14H,(H,13,15,16). The highest BCUT2D eigenvalue weighted by Gasteiger charge is 2.10. The van der Waals surface area contributed by atoms with Crippen LogP contribution in [-0.4, -0.2) is 10.1 Å². The van der Waals surface area contributed by atoms with Crippen LogP contribution < -0.4 is 11.3 Å². The van der Waals surface area contributed by atoms with Gasteiger partial charge in [0.05, 0.1) is 5.39 Å². The van der Waals surface area contributed by atoms with Crippen LogP contribution in [0.5, 0.6) is 5.75 Å². The summed E-state index contributed by atoms with van der Waals surface area (Å²) in [6.45, 7) is 0. The summed E-state index contributed by atoms with van der Waals surface area (Å²) in [5.41, 5.74) is -0.385. The predicted molar refractivity (Wildman–Crippen MR) is 62.3 cm³/mol. The van der Waals surface area contributed by atoms with Gasteiger partial charge in [0.25, 0.3) is 5.56 Å². The number of fused-ring (bicyclic) bond motifs is 3. The number of H-pyrrole nitrogens is 1. The highest BCUT2D eigenvalue weighted by atomic mass is 16.4. The first-order valence-corrected chi connectivity index (χ1v) is 4.94. The van der Waals surface area contributed by atoms with Crippen LogP contribution in [0.4, 0.5) is 0 Å². The van der Waals surface area contributed by atoms with Crippen molar-refractivity contribution in [1.82, 2.24) is 4.98 Å². The molecule has 3 rings (SSSR count). The van der Waals surface area contributed by atoms with Crippen molar-refractivity contribution in [3.63, 3.8) is 0 Å². The smallest absolute Gasteiger partial charge is 0.419 e. The van der Waals surface area contributed by atoms with Gasteiger partial charge in [0.2, 0.25) is 0 Å². The van der Waals surface area contributed by atoms with E-state index in [1.165, 1.54) is 6.07 Å². The number of aromatic amines is 1. The van der Waals surface area contributed by atoms with Crippen molar-refractivity contribution >= 4 is 21.7 Å². The minimum Gasteiger partial charge on any atom is -0.507 e. The Hall–Kier alpha value is -2.56. The molecular weight excluding hydrogens is 222 g/mol. The molecule has 0 fully saturated rings. The molecule has 0 saturated heterocycles. The molecule has 5 heteroatoms. The minimum absolute atomic E-state index is 0.0209. The number of rotatable bonds is 0. The summed E-state index contributed by atoms with van der Waals surface area (Å²) < 4.78 is 4.99. The van der Waals surface area contributed by atoms with E-state index in [4.69, 9.17) is 4.42 Å². The number of hydrogen-bond acceptors (Lipinski definition) is 4. The van der Waals surface area contributed by atoms with Crippen molar-refractivity contribution in [3.8, 4) is 5.75 Å². The largest absolute Gasteiger partial charge is 0.507 e. The molecule has 1 aromatic heterocycles. The second kappa shape index (κ2) is 3.21. The second-order valence-corrected chi connectivity index (χ2v) is 3.66. The topological polar surface area (TPSA) is 83.3 Å². The Morgan fingerprint density at radius 1 is 1.06 bits per heavy atom. The van der Waals surface area contributed by atoms with Gasteiger partial charge in [0.15, 0.2) is 5.58 Å². The molecule has 1 heterocycles. The second-order valence-electron chi connectivity index (χ2n) is 3.66. The summed E-state index contributed by atoms with van der Waals surface area (Å²) in [4.78, 5) is 24.7. The zero-order valence-electron chi connectivity index (χ0n) is 8.56. The third-order valence-corrected chi connectivity index (χ3v) is 2.63. The van der Waals surface area contributed by atoms with Gasteiger partial charge in [-0.1, -0.05) is 24.3 Å². The van der Waals surface area contributed by atoms with Gasteiger partial charge >= 0.3 is 5.76 Å². The van der Waals surface area contributed by atoms with Crippen LogP contribution in [0, 0.1) is 0 Å². The summed E-state index contributed by atoms with van der Waals surface area (Å²) >= 11 is 0. The van der Waals surface area contributed by atoms with Gasteiger partial charge in [-0.2, -0.15) is 0 Å². The van der Waals surface area contributed by atoms with Crippen LogP contribution in [0.2, 0.25) is 0 Å². The maximum absolute atomic E-state index is 11.6. The quantitative estimate of drug-likeness (QED) is 0.570. The van der Waals surface area contributed by atoms with Gasteiger partial charge in [-0.25, -0.2) is 4.79 Å². The molecule has 0 atom stereocenters. The van der Waals surface area contributed by atoms with Crippen LogP contribution >= 0.6 is 0 Å². The van der Waals surface area contributed by atoms with E-state index in [1.54, 1.807) is 24.3 Å². The average molecular weight is 229 g/mol. The van der Waals surface area contributed by atoms with Crippen molar-refractivity contribution in [2.75, 3.05) is 0 Å². The fraction of sp³-hybridized carbons (Fsp3) is 0. The molecule has 17 heavy (non-hydrogen) atoms. The fourth-order valence-electron chi connectivity index (χ4n) is 1.89. The van der Waals surface area contributed by atoms with Crippen molar-refractivity contribution in [3.05, 3.63) is 51.2 Å². The molecule has 84 valence electrons. The fourth-order valence-corrected chi connectivity index (χ4v) is 1.89. The highest BCUT2D eigenvalue weighted by molar-refractivity contribution is 6.06. The Kier molecular flexibility index (Phi) is 1.82. The predicted octanol–water partition coefficient (Wildman–Crippen LogP) is 1.34. The van der Waals surface area contributed by atoms with Crippen LogP contribution in [0.15, 0.2) is 44.3 Å². The van der Waals surface area contributed by atoms with Crippen molar-refractivity contribution < 1.29 is 9.52 Å². The number of hydrogen-bond donors (Lipinski definition) is 2. The SMILES string of the molecule is O=c1[nH]c(=O)c2cc(O)c3ccccc3c2o1. The van der Waals surface area contributed by atoms with Crippen LogP contribution in [0.1, 0.15) is 0 Å². The van der Waals surface area contributed by atoms with Crippen molar-refractivity contribution in [2.24, 2.45) is 0 Å². The summed E-state index contributed by atoms with van der Waals surface area (Å²) in [5.74, 6) is -0.828. The van der Waals surface area contributed by atoms with Crippen LogP contribution in [0.25, 0.3) is 21.7 Å². The van der Waals surface area contributed by atoms with Gasteiger partial charge in [0.1, 0.15) is 5.75 Å². The lowest BCUT2D eigenvalue weighted by molar-refractivity contribution is 0.481. The zero-order chi connectivity index (χ0) is 12.0. The third-order valence-electron chi connectivity index (χ3n) is 2.63. The number of aromatic nitrogens is 1. The molecule has 0 aliphatic rings. The molecule has 3 aromatic rings. The van der Waals surface area contributed by atoms with Crippen molar-refractivity contribution in [2.45, 2.75) is 0 Å². The normalized spacial score (nSPS) is 11.1. The molecule has 0 radical (unpaired) electrons. The van der Waals surface area contributed by atoms with E-state index in [2.05, 4.69) is 0 Å². The lowest BCUT2D eigenvalue weighted by Crippen LogP contribution is -2.18. The average Bonchev–Trinajstić information content (AvgIpc) is 2.31. The third kappa shape index (κ3) is 1.32. The van der Waals surface area contributed by atoms with E-state index in [9.17, 15) is 14.7 Å². The minimum atomic E-state index is -0.807. The summed E-state index contributed by atoms with van der Waals surface area (Å²) in [5, 5.41) is 11.0. The lowest BCUT2D eigenvalue weighted by Gasteiger charge is -2.03. The molecule has 0 spiro atoms. The summed E-state index contributed by atoms with van der Waals surface area (Å²) in [7, 11) is 0. The van der Waals surface area contributed by atoms with E-state index in [0.717, 1.165) is 0 Å². The van der Waals surface area contributed by atoms with Gasteiger partial charge in [-0.15, -0.1) is 0 Å². The van der Waals surface area contributed by atoms with E-state index in [-0.39, 0.29) is 16.7 Å². The Labute approximate surface area is 93.9 Å². The van der Waals surface area contributed by atoms with Crippen molar-refractivity contribution in [1.29, 1.82) is 0 Å². The first-order valence-electron chi connectivity index (χ1n) is 4.94. The maximum atomic E-state index is 11.6. The summed E-state index contributed by atoms with van der Waals surface area (Å²) in [6, 6.07) is 8.14. The lowest BCUT2D eigenvalue weighted by atomic mass is 10.1. The first-order chi connectivity index (χ1) is 8.16. The number of benzene rings is 2. The van der Waals surface area contributed by atoms with Crippen LogP contribution in [-0.2, 0) is 0 Å². The van der Waals surface area contributed by atoms with E-state index in [0.29, 0.717) is 10.8 Å². The monoisotopic (exact) mass is 229 g/mol. The molecule has 0 bridgehead atoms. The Morgan fingerprint density at radius 3 is 2.53 bits per heavy atom. The zero-order valence-corrected chi connectivity index (χ0v) is 8.56. The summed E-state index contributed by atoms with van der Waals surface area (Å²) in [6.07, 6.45) is 0. The first kappa shape index (κ1) is 9.65. The van der Waals surface area contributed by atoms with E-state index < -0.39 is 11.3 Å². The Morgan fingerprint density at radius 2 is 1.76 bits per heavy atom. The molecule has 0 aliphatic heterocycles. The van der Waals surface area contributed by atoms with Crippen LogP contribution in [0.3, 0.4) is 0 Å². The highest BCUT2D eigenvalue weighted by Crippen LogP contribution is 2.30. The van der Waals surface area contributed by atoms with Gasteiger partial charge in [-0.05, 0) is 6.07 Å². The van der Waals surface area contributed by atoms with Gasteiger partial charge in [0, 0.05) is 10.8 Å². The molecule has 0 aliphatic carbocycles. The Bertz CT molecular complexity index is 844. The molecule has 2 N–H and O–H groups in total. The molecule has 0 amide bonds. The Balaban J connectivity index is 2.73. The molecule has 5 nitrogen and oxygen atoms in total.